The van der Waals surface area contributed by atoms with E-state index in [9.17, 15) is 0 Å². The van der Waals surface area contributed by atoms with Gasteiger partial charge in [0.25, 0.3) is 0 Å². The molecule has 0 amide bonds. The Bertz CT molecular complexity index is 1570. The SMILES string of the molecule is CC(C)Cc1cc(-c2ncnc3c2sc2cc(C(C)(C)C)ccc23)cc2ccc([Si](C)(C)C)cc12. The van der Waals surface area contributed by atoms with Crippen LogP contribution in [0, 0.1) is 5.92 Å². The number of hydrogen-bond acceptors (Lipinski definition) is 3. The molecule has 180 valence electrons. The molecule has 0 fully saturated rings. The van der Waals surface area contributed by atoms with Crippen molar-refractivity contribution in [2.45, 2.75) is 66.1 Å². The van der Waals surface area contributed by atoms with Crippen LogP contribution >= 0.6 is 11.3 Å². The van der Waals surface area contributed by atoms with Crippen LogP contribution in [0.4, 0.5) is 0 Å². The van der Waals surface area contributed by atoms with Crippen LogP contribution in [0.5, 0.6) is 0 Å². The van der Waals surface area contributed by atoms with Crippen molar-refractivity contribution >= 4 is 55.7 Å². The van der Waals surface area contributed by atoms with Crippen molar-refractivity contribution in [2.24, 2.45) is 5.92 Å². The lowest BCUT2D eigenvalue weighted by molar-refractivity contribution is 0.591. The van der Waals surface area contributed by atoms with Crippen molar-refractivity contribution in [1.82, 2.24) is 9.97 Å². The molecule has 3 aromatic carbocycles. The molecule has 0 spiro atoms. The number of aromatic nitrogens is 2. The molecule has 0 aliphatic rings. The lowest BCUT2D eigenvalue weighted by Crippen LogP contribution is -2.37. The fourth-order valence-corrected chi connectivity index (χ4v) is 7.26. The first-order chi connectivity index (χ1) is 16.4. The van der Waals surface area contributed by atoms with Gasteiger partial charge in [-0.3, -0.25) is 0 Å². The average molecular weight is 497 g/mol. The van der Waals surface area contributed by atoms with Gasteiger partial charge in [0.2, 0.25) is 0 Å². The first-order valence-corrected chi connectivity index (χ1v) is 17.0. The Kier molecular flexibility index (Phi) is 5.88. The van der Waals surface area contributed by atoms with Crippen LogP contribution in [-0.2, 0) is 11.8 Å². The number of thiophene rings is 1. The molecule has 0 N–H and O–H groups in total. The summed E-state index contributed by atoms with van der Waals surface area (Å²) in [6.07, 6.45) is 2.80. The monoisotopic (exact) mass is 496 g/mol. The second kappa shape index (κ2) is 8.53. The van der Waals surface area contributed by atoms with Gasteiger partial charge in [-0.1, -0.05) is 89.8 Å². The maximum Gasteiger partial charge on any atom is 0.116 e. The predicted molar refractivity (Wildman–Crippen MR) is 158 cm³/mol. The normalized spacial score (nSPS) is 12.9. The highest BCUT2D eigenvalue weighted by Gasteiger charge is 2.20. The minimum absolute atomic E-state index is 0.123. The zero-order valence-electron chi connectivity index (χ0n) is 22.3. The van der Waals surface area contributed by atoms with E-state index in [0.29, 0.717) is 5.92 Å². The highest BCUT2D eigenvalue weighted by Crippen LogP contribution is 2.40. The van der Waals surface area contributed by atoms with Gasteiger partial charge in [-0.15, -0.1) is 11.3 Å². The van der Waals surface area contributed by atoms with E-state index >= 15 is 0 Å². The summed E-state index contributed by atoms with van der Waals surface area (Å²) in [5.74, 6) is 0.592. The number of hydrogen-bond donors (Lipinski definition) is 0. The third-order valence-corrected chi connectivity index (χ3v) is 10.1. The molecule has 0 unspecified atom stereocenters. The van der Waals surface area contributed by atoms with Gasteiger partial charge in [-0.05, 0) is 57.9 Å². The van der Waals surface area contributed by atoms with Gasteiger partial charge in [0.05, 0.1) is 24.0 Å². The molecule has 0 saturated heterocycles. The summed E-state index contributed by atoms with van der Waals surface area (Å²) in [6, 6.07) is 18.7. The van der Waals surface area contributed by atoms with Gasteiger partial charge in [-0.2, -0.15) is 0 Å². The van der Waals surface area contributed by atoms with E-state index in [1.807, 2.05) is 11.3 Å². The fraction of sp³-hybridized carbons (Fsp3) is 0.355. The highest BCUT2D eigenvalue weighted by atomic mass is 32.1. The van der Waals surface area contributed by atoms with E-state index in [-0.39, 0.29) is 5.41 Å². The van der Waals surface area contributed by atoms with Crippen LogP contribution in [0.15, 0.2) is 54.9 Å². The van der Waals surface area contributed by atoms with Gasteiger partial charge >= 0.3 is 0 Å². The third kappa shape index (κ3) is 4.54. The Morgan fingerprint density at radius 3 is 2.34 bits per heavy atom. The standard InChI is InChI=1S/C31H36N2SSi/c1-19(2)13-21-15-22(14-20-9-11-24(17-26(20)21)35(6,7)8)28-30-29(33-18-32-28)25-12-10-23(31(3,4)5)16-27(25)34-30/h9-12,14-19H,13H2,1-8H3. The average Bonchev–Trinajstić information content (AvgIpc) is 3.15. The van der Waals surface area contributed by atoms with Gasteiger partial charge in [0.15, 0.2) is 0 Å². The fourth-order valence-electron chi connectivity index (χ4n) is 4.89. The summed E-state index contributed by atoms with van der Waals surface area (Å²) in [4.78, 5) is 9.56. The molecule has 2 aromatic heterocycles. The maximum absolute atomic E-state index is 4.83. The summed E-state index contributed by atoms with van der Waals surface area (Å²) in [5, 5.41) is 5.46. The molecule has 5 rings (SSSR count). The van der Waals surface area contributed by atoms with Gasteiger partial charge < -0.3 is 0 Å². The van der Waals surface area contributed by atoms with E-state index in [0.717, 1.165) is 17.6 Å². The second-order valence-electron chi connectivity index (χ2n) is 12.4. The van der Waals surface area contributed by atoms with Crippen molar-refractivity contribution in [3.63, 3.8) is 0 Å². The topological polar surface area (TPSA) is 25.8 Å². The molecular weight excluding hydrogens is 461 g/mol. The van der Waals surface area contributed by atoms with Crippen molar-refractivity contribution in [3.05, 3.63) is 66.0 Å². The van der Waals surface area contributed by atoms with E-state index in [1.54, 1.807) is 6.33 Å². The number of fused-ring (bicyclic) bond motifs is 4. The smallest absolute Gasteiger partial charge is 0.116 e. The van der Waals surface area contributed by atoms with Crippen molar-refractivity contribution in [1.29, 1.82) is 0 Å². The summed E-state index contributed by atoms with van der Waals surface area (Å²) in [5.41, 5.74) is 6.22. The van der Waals surface area contributed by atoms with Gasteiger partial charge in [0.1, 0.15) is 6.33 Å². The lowest BCUT2D eigenvalue weighted by Gasteiger charge is -2.19. The largest absolute Gasteiger partial charge is 0.235 e. The Morgan fingerprint density at radius 2 is 1.66 bits per heavy atom. The molecule has 2 heterocycles. The summed E-state index contributed by atoms with van der Waals surface area (Å²) >= 11 is 1.82. The zero-order chi connectivity index (χ0) is 25.1. The highest BCUT2D eigenvalue weighted by molar-refractivity contribution is 7.26. The van der Waals surface area contributed by atoms with Crippen molar-refractivity contribution in [2.75, 3.05) is 0 Å². The Morgan fingerprint density at radius 1 is 0.886 bits per heavy atom. The summed E-state index contributed by atoms with van der Waals surface area (Å²) in [6.45, 7) is 18.7. The predicted octanol–water partition coefficient (Wildman–Crippen LogP) is 8.71. The molecule has 0 atom stereocenters. The number of benzene rings is 3. The summed E-state index contributed by atoms with van der Waals surface area (Å²) < 4.78 is 2.47. The van der Waals surface area contributed by atoms with E-state index < -0.39 is 8.07 Å². The third-order valence-electron chi connectivity index (χ3n) is 6.93. The van der Waals surface area contributed by atoms with Crippen LogP contribution in [0.3, 0.4) is 0 Å². The van der Waals surface area contributed by atoms with Crippen LogP contribution < -0.4 is 5.19 Å². The van der Waals surface area contributed by atoms with Gasteiger partial charge in [0, 0.05) is 15.6 Å². The first-order valence-electron chi connectivity index (χ1n) is 12.7. The first kappa shape index (κ1) is 24.1. The minimum Gasteiger partial charge on any atom is -0.235 e. The molecule has 2 nitrogen and oxygen atoms in total. The molecular formula is C31H36N2SSi. The Balaban J connectivity index is 1.74. The molecule has 4 heteroatoms. The van der Waals surface area contributed by atoms with E-state index in [4.69, 9.17) is 9.97 Å². The maximum atomic E-state index is 4.83. The molecule has 35 heavy (non-hydrogen) atoms. The number of nitrogens with zero attached hydrogens (tertiary/aromatic N) is 2. The van der Waals surface area contributed by atoms with Gasteiger partial charge in [-0.25, -0.2) is 9.97 Å². The van der Waals surface area contributed by atoms with Crippen LogP contribution in [0.25, 0.3) is 42.3 Å². The second-order valence-corrected chi connectivity index (χ2v) is 18.5. The molecule has 0 bridgehead atoms. The van der Waals surface area contributed by atoms with E-state index in [2.05, 4.69) is 103 Å². The molecule has 5 aromatic rings. The Labute approximate surface area is 214 Å². The van der Waals surface area contributed by atoms with Crippen molar-refractivity contribution < 1.29 is 0 Å². The lowest BCUT2D eigenvalue weighted by atomic mass is 9.87. The van der Waals surface area contributed by atoms with Crippen LogP contribution in [0.1, 0.15) is 45.7 Å². The Hall–Kier alpha value is -2.56. The molecule has 0 radical (unpaired) electrons. The zero-order valence-corrected chi connectivity index (χ0v) is 24.1. The van der Waals surface area contributed by atoms with E-state index in [1.165, 1.54) is 47.4 Å². The molecule has 0 saturated carbocycles. The van der Waals surface area contributed by atoms with Crippen LogP contribution in [0.2, 0.25) is 19.6 Å². The minimum atomic E-state index is -1.38. The molecule has 0 aliphatic heterocycles. The molecule has 0 aliphatic carbocycles. The number of rotatable bonds is 4. The van der Waals surface area contributed by atoms with Crippen molar-refractivity contribution in [3.8, 4) is 11.3 Å². The summed E-state index contributed by atoms with van der Waals surface area (Å²) in [7, 11) is -1.38. The van der Waals surface area contributed by atoms with Crippen LogP contribution in [-0.4, -0.2) is 18.0 Å². The quantitative estimate of drug-likeness (QED) is 0.232.